The average molecular weight is 572 g/mol. The number of carboxylic acid groups (broad SMARTS) is 1. The standard InChI is InChI=1S/C27H37N7O5S/c1-16-12-17(2)24(18(3)13-16)40(38,39)33-22(26(36)37)15-31-25(35)19-7-8-20-21(32-34(4)23(20)14-19)6-5-9-28-27-29-10-11-30-27/h7-8,12-14,22,27-30,33H,5-6,9-11,15H2,1-4H3,(H,31,35)(H,36,37). The summed E-state index contributed by atoms with van der Waals surface area (Å²) in [6.45, 7) is 7.46. The zero-order valence-electron chi connectivity index (χ0n) is 23.2. The van der Waals surface area contributed by atoms with Gasteiger partial charge in [-0.25, -0.2) is 8.42 Å². The summed E-state index contributed by atoms with van der Waals surface area (Å²) in [7, 11) is -2.34. The second-order valence-electron chi connectivity index (χ2n) is 10.2. The van der Waals surface area contributed by atoms with Gasteiger partial charge in [0.1, 0.15) is 12.3 Å². The van der Waals surface area contributed by atoms with E-state index in [1.54, 1.807) is 42.8 Å². The van der Waals surface area contributed by atoms with Crippen molar-refractivity contribution in [1.82, 2.24) is 35.8 Å². The van der Waals surface area contributed by atoms with Crippen LogP contribution in [0.1, 0.15) is 39.2 Å². The van der Waals surface area contributed by atoms with Crippen molar-refractivity contribution in [3.05, 3.63) is 58.3 Å². The predicted molar refractivity (Wildman–Crippen MR) is 152 cm³/mol. The number of amides is 1. The third kappa shape index (κ3) is 6.85. The molecule has 1 unspecified atom stereocenters. The fourth-order valence-corrected chi connectivity index (χ4v) is 6.77. The van der Waals surface area contributed by atoms with Crippen LogP contribution in [0.2, 0.25) is 0 Å². The number of sulfonamides is 1. The molecule has 1 saturated heterocycles. The van der Waals surface area contributed by atoms with Gasteiger partial charge >= 0.3 is 5.97 Å². The molecular weight excluding hydrogens is 534 g/mol. The number of carbonyl (C=O) groups is 2. The maximum absolute atomic E-state index is 13.1. The van der Waals surface area contributed by atoms with Crippen molar-refractivity contribution in [2.45, 2.75) is 50.8 Å². The summed E-state index contributed by atoms with van der Waals surface area (Å²) in [4.78, 5) is 24.8. The normalized spacial score (nSPS) is 15.0. The number of carboxylic acids is 1. The minimum absolute atomic E-state index is 0.0378. The zero-order chi connectivity index (χ0) is 29.0. The number of nitrogens with one attached hydrogen (secondary N) is 5. The van der Waals surface area contributed by atoms with Crippen molar-refractivity contribution in [3.63, 3.8) is 0 Å². The lowest BCUT2D eigenvalue weighted by atomic mass is 10.1. The molecule has 1 atom stereocenters. The van der Waals surface area contributed by atoms with E-state index < -0.39 is 34.5 Å². The average Bonchev–Trinajstić information content (AvgIpc) is 3.50. The molecule has 216 valence electrons. The number of carbonyl (C=O) groups excluding carboxylic acids is 1. The van der Waals surface area contributed by atoms with E-state index in [0.717, 1.165) is 54.6 Å². The first-order valence-corrected chi connectivity index (χ1v) is 14.7. The summed E-state index contributed by atoms with van der Waals surface area (Å²) in [5.74, 6) is -1.91. The topological polar surface area (TPSA) is 166 Å². The molecular formula is C27H37N7O5S. The number of aliphatic carboxylic acids is 1. The van der Waals surface area contributed by atoms with Crippen LogP contribution in [0.25, 0.3) is 10.9 Å². The van der Waals surface area contributed by atoms with Crippen molar-refractivity contribution in [3.8, 4) is 0 Å². The van der Waals surface area contributed by atoms with Crippen LogP contribution >= 0.6 is 0 Å². The van der Waals surface area contributed by atoms with Gasteiger partial charge in [0.15, 0.2) is 0 Å². The van der Waals surface area contributed by atoms with Crippen LogP contribution in [0.4, 0.5) is 0 Å². The summed E-state index contributed by atoms with van der Waals surface area (Å²) in [5.41, 5.74) is 3.96. The van der Waals surface area contributed by atoms with Gasteiger partial charge in [0.05, 0.1) is 16.1 Å². The molecule has 40 heavy (non-hydrogen) atoms. The van der Waals surface area contributed by atoms with Gasteiger partial charge in [0.2, 0.25) is 10.0 Å². The van der Waals surface area contributed by atoms with E-state index in [1.807, 2.05) is 20.0 Å². The minimum atomic E-state index is -4.15. The predicted octanol–water partition coefficient (Wildman–Crippen LogP) is 0.659. The largest absolute Gasteiger partial charge is 0.480 e. The van der Waals surface area contributed by atoms with Gasteiger partial charge in [0, 0.05) is 37.6 Å². The Labute approximate surface area is 234 Å². The monoisotopic (exact) mass is 571 g/mol. The van der Waals surface area contributed by atoms with E-state index in [-0.39, 0.29) is 11.2 Å². The summed E-state index contributed by atoms with van der Waals surface area (Å²) in [5, 5.41) is 27.8. The lowest BCUT2D eigenvalue weighted by Crippen LogP contribution is -2.48. The molecule has 2 aromatic carbocycles. The number of hydrogen-bond donors (Lipinski definition) is 6. The van der Waals surface area contributed by atoms with Gasteiger partial charge in [-0.05, 0) is 63.4 Å². The molecule has 2 heterocycles. The molecule has 0 spiro atoms. The van der Waals surface area contributed by atoms with E-state index in [9.17, 15) is 23.1 Å². The molecule has 0 aliphatic carbocycles. The van der Waals surface area contributed by atoms with Gasteiger partial charge in [0.25, 0.3) is 5.91 Å². The number of nitrogens with zero attached hydrogens (tertiary/aromatic N) is 2. The summed E-state index contributed by atoms with van der Waals surface area (Å²) in [6.07, 6.45) is 1.79. The summed E-state index contributed by atoms with van der Waals surface area (Å²) < 4.78 is 30.1. The van der Waals surface area contributed by atoms with E-state index in [1.165, 1.54) is 0 Å². The molecule has 1 aromatic heterocycles. The number of aromatic nitrogens is 2. The molecule has 0 radical (unpaired) electrons. The highest BCUT2D eigenvalue weighted by Gasteiger charge is 2.28. The first-order valence-electron chi connectivity index (χ1n) is 13.2. The van der Waals surface area contributed by atoms with E-state index >= 15 is 0 Å². The third-order valence-corrected chi connectivity index (χ3v) is 8.66. The number of benzene rings is 2. The fourth-order valence-electron chi connectivity index (χ4n) is 5.12. The zero-order valence-corrected chi connectivity index (χ0v) is 24.0. The SMILES string of the molecule is Cc1cc(C)c(S(=O)(=O)NC(CNC(=O)c2ccc3c(CCCNC4NCCN4)nn(C)c3c2)C(=O)O)c(C)c1. The van der Waals surface area contributed by atoms with Crippen molar-refractivity contribution in [2.75, 3.05) is 26.2 Å². The molecule has 4 rings (SSSR count). The lowest BCUT2D eigenvalue weighted by molar-refractivity contribution is -0.138. The van der Waals surface area contributed by atoms with Crippen molar-refractivity contribution in [1.29, 1.82) is 0 Å². The number of fused-ring (bicyclic) bond motifs is 1. The first-order chi connectivity index (χ1) is 19.0. The van der Waals surface area contributed by atoms with E-state index in [0.29, 0.717) is 16.7 Å². The highest BCUT2D eigenvalue weighted by molar-refractivity contribution is 7.89. The van der Waals surface area contributed by atoms with Gasteiger partial charge in [-0.3, -0.25) is 30.2 Å². The molecule has 6 N–H and O–H groups in total. The highest BCUT2D eigenvalue weighted by Crippen LogP contribution is 2.23. The molecule has 1 aliphatic rings. The fraction of sp³-hybridized carbons (Fsp3) is 0.444. The van der Waals surface area contributed by atoms with Gasteiger partial charge in [-0.15, -0.1) is 0 Å². The Hall–Kier alpha value is -3.36. The Kier molecular flexibility index (Phi) is 9.21. The van der Waals surface area contributed by atoms with Gasteiger partial charge in [-0.1, -0.05) is 23.8 Å². The number of aryl methyl sites for hydroxylation is 5. The van der Waals surface area contributed by atoms with Crippen LogP contribution in [0, 0.1) is 20.8 Å². The molecule has 0 bridgehead atoms. The Morgan fingerprint density at radius 1 is 1.12 bits per heavy atom. The molecule has 1 amide bonds. The smallest absolute Gasteiger partial charge is 0.323 e. The van der Waals surface area contributed by atoms with Crippen molar-refractivity contribution < 1.29 is 23.1 Å². The molecule has 1 aliphatic heterocycles. The van der Waals surface area contributed by atoms with Crippen LogP contribution in [0.5, 0.6) is 0 Å². The van der Waals surface area contributed by atoms with Gasteiger partial charge in [-0.2, -0.15) is 9.82 Å². The third-order valence-electron chi connectivity index (χ3n) is 6.89. The number of hydrogen-bond acceptors (Lipinski definition) is 8. The lowest BCUT2D eigenvalue weighted by Gasteiger charge is -2.18. The summed E-state index contributed by atoms with van der Waals surface area (Å²) in [6, 6.07) is 7.09. The van der Waals surface area contributed by atoms with Crippen LogP contribution in [0.3, 0.4) is 0 Å². The second kappa shape index (κ2) is 12.4. The summed E-state index contributed by atoms with van der Waals surface area (Å²) >= 11 is 0. The van der Waals surface area contributed by atoms with E-state index in [2.05, 4.69) is 31.1 Å². The minimum Gasteiger partial charge on any atom is -0.480 e. The molecule has 3 aromatic rings. The van der Waals surface area contributed by atoms with Crippen molar-refractivity contribution in [2.24, 2.45) is 7.05 Å². The first kappa shape index (κ1) is 29.6. The Morgan fingerprint density at radius 2 is 1.80 bits per heavy atom. The molecule has 1 fully saturated rings. The second-order valence-corrected chi connectivity index (χ2v) is 11.8. The number of rotatable bonds is 12. The Morgan fingerprint density at radius 3 is 2.45 bits per heavy atom. The van der Waals surface area contributed by atoms with Crippen LogP contribution in [-0.2, 0) is 28.3 Å². The molecule has 12 nitrogen and oxygen atoms in total. The van der Waals surface area contributed by atoms with E-state index in [4.69, 9.17) is 0 Å². The molecule has 13 heteroatoms. The maximum atomic E-state index is 13.1. The Balaban J connectivity index is 1.40. The Bertz CT molecular complexity index is 1490. The van der Waals surface area contributed by atoms with Crippen LogP contribution in [0.15, 0.2) is 35.2 Å². The quantitative estimate of drug-likeness (QED) is 0.171. The van der Waals surface area contributed by atoms with Crippen LogP contribution in [-0.4, -0.2) is 73.7 Å². The maximum Gasteiger partial charge on any atom is 0.323 e. The van der Waals surface area contributed by atoms with Crippen molar-refractivity contribution >= 4 is 32.8 Å². The van der Waals surface area contributed by atoms with Gasteiger partial charge < -0.3 is 10.4 Å². The van der Waals surface area contributed by atoms with Crippen LogP contribution < -0.4 is 26.0 Å². The highest BCUT2D eigenvalue weighted by atomic mass is 32.2. The molecule has 0 saturated carbocycles.